The number of amides is 2. The molecule has 8 nitrogen and oxygen atoms in total. The minimum absolute atomic E-state index is 0.0419. The van der Waals surface area contributed by atoms with E-state index in [4.69, 9.17) is 14.2 Å². The highest BCUT2D eigenvalue weighted by Crippen LogP contribution is 2.37. The molecule has 0 aliphatic carbocycles. The van der Waals surface area contributed by atoms with Crippen LogP contribution in [-0.4, -0.2) is 88.3 Å². The molecule has 3 atom stereocenters. The Morgan fingerprint density at radius 2 is 1.91 bits per heavy atom. The summed E-state index contributed by atoms with van der Waals surface area (Å²) in [6.45, 7) is 4.83. The summed E-state index contributed by atoms with van der Waals surface area (Å²) in [5, 5.41) is 0. The van der Waals surface area contributed by atoms with Crippen LogP contribution in [0.1, 0.15) is 44.9 Å². The lowest BCUT2D eigenvalue weighted by atomic mass is 9.83. The summed E-state index contributed by atoms with van der Waals surface area (Å²) in [6.07, 6.45) is 7.22. The van der Waals surface area contributed by atoms with Gasteiger partial charge in [0.2, 0.25) is 11.8 Å². The monoisotopic (exact) mass is 487 g/mol. The molecule has 4 rings (SSSR count). The molecule has 1 aromatic carbocycles. The molecule has 3 aliphatic heterocycles. The van der Waals surface area contributed by atoms with E-state index in [1.807, 2.05) is 17.0 Å². The van der Waals surface area contributed by atoms with Crippen LogP contribution < -0.4 is 14.4 Å². The second-order valence-corrected chi connectivity index (χ2v) is 10.1. The average molecular weight is 488 g/mol. The van der Waals surface area contributed by atoms with Gasteiger partial charge in [-0.2, -0.15) is 0 Å². The number of carbonyl (C=O) groups excluding carboxylic acids is 2. The summed E-state index contributed by atoms with van der Waals surface area (Å²) < 4.78 is 16.1. The van der Waals surface area contributed by atoms with Gasteiger partial charge in [0.05, 0.1) is 25.8 Å². The maximum Gasteiger partial charge on any atom is 0.228 e. The van der Waals surface area contributed by atoms with Gasteiger partial charge < -0.3 is 28.9 Å². The first-order valence-corrected chi connectivity index (χ1v) is 13.1. The Morgan fingerprint density at radius 3 is 2.69 bits per heavy atom. The molecule has 2 amide bonds. The Bertz CT molecular complexity index is 876. The normalized spacial score (nSPS) is 24.8. The van der Waals surface area contributed by atoms with Crippen molar-refractivity contribution in [1.29, 1.82) is 0 Å². The highest BCUT2D eigenvalue weighted by Gasteiger charge is 2.40. The van der Waals surface area contributed by atoms with Crippen LogP contribution in [-0.2, 0) is 14.3 Å². The fraction of sp³-hybridized carbons (Fsp3) is 0.704. The number of piperidine rings is 2. The lowest BCUT2D eigenvalue weighted by molar-refractivity contribution is -0.137. The van der Waals surface area contributed by atoms with Crippen molar-refractivity contribution in [3.05, 3.63) is 18.2 Å². The molecule has 35 heavy (non-hydrogen) atoms. The van der Waals surface area contributed by atoms with E-state index in [1.165, 1.54) is 45.2 Å². The second-order valence-electron chi connectivity index (χ2n) is 10.1. The van der Waals surface area contributed by atoms with Gasteiger partial charge in [-0.15, -0.1) is 0 Å². The van der Waals surface area contributed by atoms with Crippen LogP contribution in [0, 0.1) is 11.8 Å². The minimum Gasteiger partial charge on any atom is -0.497 e. The number of nitrogens with zero attached hydrogens (tertiary/aromatic N) is 3. The third-order valence-electron chi connectivity index (χ3n) is 7.92. The number of carbonyl (C=O) groups is 2. The summed E-state index contributed by atoms with van der Waals surface area (Å²) >= 11 is 0. The number of methoxy groups -OCH3 is 3. The van der Waals surface area contributed by atoms with Crippen LogP contribution >= 0.6 is 0 Å². The van der Waals surface area contributed by atoms with Gasteiger partial charge in [-0.25, -0.2) is 0 Å². The van der Waals surface area contributed by atoms with Gasteiger partial charge in [-0.1, -0.05) is 6.42 Å². The van der Waals surface area contributed by atoms with Gasteiger partial charge in [0, 0.05) is 51.9 Å². The molecule has 1 unspecified atom stereocenters. The van der Waals surface area contributed by atoms with E-state index in [0.717, 1.165) is 13.0 Å². The molecule has 0 spiro atoms. The molecule has 0 aromatic heterocycles. The van der Waals surface area contributed by atoms with Gasteiger partial charge in [-0.3, -0.25) is 9.59 Å². The van der Waals surface area contributed by atoms with Crippen molar-refractivity contribution >= 4 is 17.5 Å². The fourth-order valence-electron chi connectivity index (χ4n) is 6.14. The maximum atomic E-state index is 13.8. The van der Waals surface area contributed by atoms with Gasteiger partial charge in [0.15, 0.2) is 0 Å². The number of hydrogen-bond donors (Lipinski definition) is 0. The smallest absolute Gasteiger partial charge is 0.228 e. The highest BCUT2D eigenvalue weighted by atomic mass is 16.5. The summed E-state index contributed by atoms with van der Waals surface area (Å²) in [4.78, 5) is 33.2. The molecule has 3 aliphatic rings. The molecule has 3 heterocycles. The average Bonchev–Trinajstić information content (AvgIpc) is 3.28. The molecule has 1 aromatic rings. The van der Waals surface area contributed by atoms with Gasteiger partial charge >= 0.3 is 0 Å². The number of ether oxygens (including phenoxy) is 3. The summed E-state index contributed by atoms with van der Waals surface area (Å²) in [6, 6.07) is 6.00. The lowest BCUT2D eigenvalue weighted by Gasteiger charge is -2.46. The summed E-state index contributed by atoms with van der Waals surface area (Å²) in [5.74, 6) is 1.45. The van der Waals surface area contributed by atoms with Crippen molar-refractivity contribution in [2.24, 2.45) is 11.8 Å². The number of fused-ring (bicyclic) bond motifs is 1. The molecule has 0 saturated carbocycles. The molecule has 3 saturated heterocycles. The van der Waals surface area contributed by atoms with E-state index < -0.39 is 0 Å². The van der Waals surface area contributed by atoms with Crippen molar-refractivity contribution in [3.63, 3.8) is 0 Å². The zero-order chi connectivity index (χ0) is 24.8. The highest BCUT2D eigenvalue weighted by molar-refractivity contribution is 6.01. The molecule has 3 fully saturated rings. The Hall–Kier alpha value is -2.32. The van der Waals surface area contributed by atoms with E-state index in [1.54, 1.807) is 32.3 Å². The molecule has 0 N–H and O–H groups in total. The van der Waals surface area contributed by atoms with Crippen molar-refractivity contribution < 1.29 is 23.8 Å². The lowest BCUT2D eigenvalue weighted by Crippen LogP contribution is -2.52. The molecular formula is C27H41N3O5. The first kappa shape index (κ1) is 25.8. The number of anilines is 1. The van der Waals surface area contributed by atoms with Crippen LogP contribution in [0.15, 0.2) is 18.2 Å². The number of hydrogen-bond acceptors (Lipinski definition) is 6. The van der Waals surface area contributed by atoms with Gasteiger partial charge in [0.25, 0.3) is 0 Å². The van der Waals surface area contributed by atoms with E-state index in [-0.39, 0.29) is 24.2 Å². The molecular weight excluding hydrogens is 446 g/mol. The van der Waals surface area contributed by atoms with Gasteiger partial charge in [0.1, 0.15) is 11.5 Å². The predicted octanol–water partition coefficient (Wildman–Crippen LogP) is 3.19. The zero-order valence-corrected chi connectivity index (χ0v) is 21.5. The summed E-state index contributed by atoms with van der Waals surface area (Å²) in [5.41, 5.74) is 0.685. The van der Waals surface area contributed by atoms with Crippen molar-refractivity contribution in [2.75, 3.05) is 65.6 Å². The minimum atomic E-state index is -0.345. The quantitative estimate of drug-likeness (QED) is 0.472. The van der Waals surface area contributed by atoms with Crippen molar-refractivity contribution in [1.82, 2.24) is 9.80 Å². The Balaban J connectivity index is 1.47. The Labute approximate surface area is 209 Å². The Kier molecular flexibility index (Phi) is 8.89. The maximum absolute atomic E-state index is 13.8. The molecule has 194 valence electrons. The SMILES string of the molecule is COCCCN(C[C@@H]1CCCN2CCCC[C@H]12)C(=O)C1CC(=O)N(c2ccc(OC)cc2OC)C1. The first-order chi connectivity index (χ1) is 17.0. The van der Waals surface area contributed by atoms with Crippen LogP contribution in [0.3, 0.4) is 0 Å². The van der Waals surface area contributed by atoms with E-state index in [9.17, 15) is 9.59 Å². The summed E-state index contributed by atoms with van der Waals surface area (Å²) in [7, 11) is 4.88. The van der Waals surface area contributed by atoms with Crippen molar-refractivity contribution in [3.8, 4) is 11.5 Å². The largest absolute Gasteiger partial charge is 0.497 e. The first-order valence-electron chi connectivity index (χ1n) is 13.1. The zero-order valence-electron chi connectivity index (χ0n) is 21.5. The third-order valence-corrected chi connectivity index (χ3v) is 7.92. The van der Waals surface area contributed by atoms with Crippen LogP contribution in [0.25, 0.3) is 0 Å². The third kappa shape index (κ3) is 5.92. The van der Waals surface area contributed by atoms with E-state index in [2.05, 4.69) is 4.90 Å². The van der Waals surface area contributed by atoms with Crippen LogP contribution in [0.5, 0.6) is 11.5 Å². The fourth-order valence-corrected chi connectivity index (χ4v) is 6.14. The topological polar surface area (TPSA) is 71.6 Å². The van der Waals surface area contributed by atoms with E-state index >= 15 is 0 Å². The Morgan fingerprint density at radius 1 is 1.09 bits per heavy atom. The van der Waals surface area contributed by atoms with E-state index in [0.29, 0.717) is 48.8 Å². The molecule has 0 bridgehead atoms. The standard InChI is InChI=1S/C27H41N3O5/c1-33-15-7-14-29(18-20-8-6-13-28-12-5-4-9-23(20)28)27(32)21-16-26(31)30(19-21)24-11-10-22(34-2)17-25(24)35-3/h10-11,17,20-21,23H,4-9,12-16,18-19H2,1-3H3/t20-,21?,23+/m0/s1. The van der Waals surface area contributed by atoms with Crippen LogP contribution in [0.4, 0.5) is 5.69 Å². The molecule has 8 heteroatoms. The van der Waals surface area contributed by atoms with Crippen molar-refractivity contribution in [2.45, 2.75) is 51.0 Å². The second kappa shape index (κ2) is 12.1. The molecule has 0 radical (unpaired) electrons. The van der Waals surface area contributed by atoms with Crippen LogP contribution in [0.2, 0.25) is 0 Å². The predicted molar refractivity (Wildman–Crippen MR) is 135 cm³/mol. The number of benzene rings is 1. The number of rotatable bonds is 10. The van der Waals surface area contributed by atoms with Gasteiger partial charge in [-0.05, 0) is 63.2 Å².